The molecule has 0 saturated carbocycles. The lowest BCUT2D eigenvalue weighted by atomic mass is 9.93. The third-order valence-corrected chi connectivity index (χ3v) is 5.85. The van der Waals surface area contributed by atoms with E-state index in [4.69, 9.17) is 14.6 Å². The molecule has 1 N–H and O–H groups in total. The van der Waals surface area contributed by atoms with E-state index in [-0.39, 0.29) is 25.6 Å². The topological polar surface area (TPSA) is 65.0 Å². The lowest BCUT2D eigenvalue weighted by Crippen LogP contribution is -2.11. The smallest absolute Gasteiger partial charge is 0.131 e. The van der Waals surface area contributed by atoms with Crippen LogP contribution >= 0.6 is 0 Å². The highest BCUT2D eigenvalue weighted by Gasteiger charge is 2.11. The normalized spacial score (nSPS) is 11.3. The van der Waals surface area contributed by atoms with Crippen molar-refractivity contribution >= 4 is 11.9 Å². The van der Waals surface area contributed by atoms with Crippen molar-refractivity contribution in [1.29, 1.82) is 0 Å². The van der Waals surface area contributed by atoms with Crippen molar-refractivity contribution in [3.05, 3.63) is 150 Å². The summed E-state index contributed by atoms with van der Waals surface area (Å²) in [5, 5.41) is 8.43. The zero-order chi connectivity index (χ0) is 29.7. The highest BCUT2D eigenvalue weighted by atomic mass is 16.5. The summed E-state index contributed by atoms with van der Waals surface area (Å²) in [5.74, 6) is -0.146. The molecule has 0 aliphatic carbocycles. The standard InChI is InChI=1S/C18H20O2.C14H12O.C4H10O2.CH4/c1-15(13-19-2)20-14-18(16-9-5-3-6-10-16)17-11-7-4-8-12-17;15-11-14(12-7-3-1-4-8-12)13-9-5-2-6-10-13;1-4(5)3-6-2;/h3-12,14-15H,13H2,1-2H3;1-11,14H;4-5H,3H2,1-2H3;1H4. The molecule has 0 spiro atoms. The Morgan fingerprint density at radius 2 is 1.05 bits per heavy atom. The number of aldehydes is 1. The maximum Gasteiger partial charge on any atom is 0.131 e. The molecule has 0 fully saturated rings. The summed E-state index contributed by atoms with van der Waals surface area (Å²) < 4.78 is 15.4. The first kappa shape index (κ1) is 36.0. The predicted octanol–water partition coefficient (Wildman–Crippen LogP) is 7.79. The lowest BCUT2D eigenvalue weighted by molar-refractivity contribution is -0.108. The molecule has 2 unspecified atom stereocenters. The van der Waals surface area contributed by atoms with Crippen molar-refractivity contribution < 1.29 is 24.1 Å². The van der Waals surface area contributed by atoms with E-state index in [1.165, 1.54) is 0 Å². The Balaban J connectivity index is 0.000000354. The number of aliphatic hydroxyl groups is 1. The van der Waals surface area contributed by atoms with Crippen molar-refractivity contribution in [2.45, 2.75) is 39.4 Å². The fourth-order valence-corrected chi connectivity index (χ4v) is 3.91. The minimum absolute atomic E-state index is 0. The van der Waals surface area contributed by atoms with E-state index in [1.807, 2.05) is 110 Å². The molecule has 0 aliphatic heterocycles. The number of hydrogen-bond donors (Lipinski definition) is 1. The van der Waals surface area contributed by atoms with Gasteiger partial charge in [0.1, 0.15) is 12.4 Å². The van der Waals surface area contributed by atoms with Gasteiger partial charge in [-0.25, -0.2) is 0 Å². The van der Waals surface area contributed by atoms with Crippen molar-refractivity contribution in [3.63, 3.8) is 0 Å². The van der Waals surface area contributed by atoms with E-state index < -0.39 is 0 Å². The van der Waals surface area contributed by atoms with Crippen LogP contribution in [0.5, 0.6) is 0 Å². The fraction of sp³-hybridized carbons (Fsp3) is 0.270. The maximum absolute atomic E-state index is 11.1. The SMILES string of the molecule is C.COCC(C)O.COCC(C)OC=C(c1ccccc1)c1ccccc1.O=CC(c1ccccc1)c1ccccc1. The van der Waals surface area contributed by atoms with Gasteiger partial charge in [-0.2, -0.15) is 0 Å². The molecule has 0 aliphatic rings. The quantitative estimate of drug-likeness (QED) is 0.147. The Morgan fingerprint density at radius 1 is 0.667 bits per heavy atom. The molecular weight excluding hydrogens is 524 g/mol. The third-order valence-electron chi connectivity index (χ3n) is 5.85. The Labute approximate surface area is 252 Å². The van der Waals surface area contributed by atoms with Crippen LogP contribution in [0, 0.1) is 0 Å². The van der Waals surface area contributed by atoms with Gasteiger partial charge in [0, 0.05) is 19.8 Å². The minimum Gasteiger partial charge on any atom is -0.495 e. The molecule has 0 heterocycles. The summed E-state index contributed by atoms with van der Waals surface area (Å²) in [6, 6.07) is 40.1. The minimum atomic E-state index is -0.324. The molecule has 4 rings (SSSR count). The van der Waals surface area contributed by atoms with Crippen LogP contribution in [-0.2, 0) is 19.0 Å². The van der Waals surface area contributed by atoms with Gasteiger partial charge >= 0.3 is 0 Å². The van der Waals surface area contributed by atoms with Crippen LogP contribution in [0.2, 0.25) is 0 Å². The van der Waals surface area contributed by atoms with Crippen molar-refractivity contribution in [2.75, 3.05) is 27.4 Å². The molecule has 5 nitrogen and oxygen atoms in total. The van der Waals surface area contributed by atoms with Gasteiger partial charge in [0.15, 0.2) is 0 Å². The van der Waals surface area contributed by atoms with Crippen molar-refractivity contribution in [2.24, 2.45) is 0 Å². The average Bonchev–Trinajstić information content (AvgIpc) is 3.01. The summed E-state index contributed by atoms with van der Waals surface area (Å²) in [6.45, 7) is 4.68. The summed E-state index contributed by atoms with van der Waals surface area (Å²) >= 11 is 0. The summed E-state index contributed by atoms with van der Waals surface area (Å²) in [5.41, 5.74) is 5.44. The monoisotopic (exact) mass is 570 g/mol. The number of rotatable bonds is 11. The second-order valence-electron chi connectivity index (χ2n) is 9.41. The molecule has 4 aromatic rings. The van der Waals surface area contributed by atoms with Gasteiger partial charge in [0.25, 0.3) is 0 Å². The van der Waals surface area contributed by atoms with Crippen LogP contribution in [-0.4, -0.2) is 51.0 Å². The second kappa shape index (κ2) is 21.7. The van der Waals surface area contributed by atoms with Crippen LogP contribution in [0.3, 0.4) is 0 Å². The summed E-state index contributed by atoms with van der Waals surface area (Å²) in [6.07, 6.45) is 2.52. The van der Waals surface area contributed by atoms with Gasteiger partial charge < -0.3 is 24.1 Å². The molecule has 224 valence electrons. The number of aliphatic hydroxyl groups excluding tert-OH is 1. The molecule has 0 bridgehead atoms. The van der Waals surface area contributed by atoms with Gasteiger partial charge in [0.05, 0.1) is 31.5 Å². The molecular formula is C37H46O5. The summed E-state index contributed by atoms with van der Waals surface area (Å²) in [4.78, 5) is 11.1. The second-order valence-corrected chi connectivity index (χ2v) is 9.41. The van der Waals surface area contributed by atoms with E-state index in [0.717, 1.165) is 34.1 Å². The molecule has 0 radical (unpaired) electrons. The van der Waals surface area contributed by atoms with E-state index in [0.29, 0.717) is 13.2 Å². The summed E-state index contributed by atoms with van der Waals surface area (Å²) in [7, 11) is 3.24. The lowest BCUT2D eigenvalue weighted by Gasteiger charge is -2.13. The zero-order valence-corrected chi connectivity index (χ0v) is 24.4. The molecule has 0 amide bonds. The predicted molar refractivity (Wildman–Crippen MR) is 173 cm³/mol. The van der Waals surface area contributed by atoms with Gasteiger partial charge in [-0.15, -0.1) is 0 Å². The van der Waals surface area contributed by atoms with E-state index in [1.54, 1.807) is 21.1 Å². The van der Waals surface area contributed by atoms with Crippen molar-refractivity contribution in [3.8, 4) is 0 Å². The highest BCUT2D eigenvalue weighted by Crippen LogP contribution is 2.24. The van der Waals surface area contributed by atoms with Crippen LogP contribution in [0.1, 0.15) is 49.4 Å². The Hall–Kier alpha value is -4.03. The van der Waals surface area contributed by atoms with Gasteiger partial charge in [-0.1, -0.05) is 129 Å². The number of hydrogen-bond acceptors (Lipinski definition) is 5. The maximum atomic E-state index is 11.1. The van der Waals surface area contributed by atoms with Gasteiger partial charge in [-0.3, -0.25) is 0 Å². The molecule has 4 aromatic carbocycles. The number of carbonyl (C=O) groups is 1. The fourth-order valence-electron chi connectivity index (χ4n) is 3.91. The molecule has 2 atom stereocenters. The number of carbonyl (C=O) groups excluding carboxylic acids is 1. The average molecular weight is 571 g/mol. The third kappa shape index (κ3) is 13.6. The first-order valence-corrected chi connectivity index (χ1v) is 13.7. The first-order valence-electron chi connectivity index (χ1n) is 13.7. The first-order chi connectivity index (χ1) is 20.0. The Kier molecular flexibility index (Phi) is 18.6. The Morgan fingerprint density at radius 3 is 1.36 bits per heavy atom. The number of methoxy groups -OCH3 is 2. The van der Waals surface area contributed by atoms with Crippen LogP contribution in [0.4, 0.5) is 0 Å². The largest absolute Gasteiger partial charge is 0.495 e. The van der Waals surface area contributed by atoms with E-state index in [9.17, 15) is 4.79 Å². The molecule has 42 heavy (non-hydrogen) atoms. The van der Waals surface area contributed by atoms with E-state index in [2.05, 4.69) is 29.0 Å². The van der Waals surface area contributed by atoms with Gasteiger partial charge in [0.2, 0.25) is 0 Å². The molecule has 0 saturated heterocycles. The van der Waals surface area contributed by atoms with Gasteiger partial charge in [-0.05, 0) is 36.1 Å². The zero-order valence-electron chi connectivity index (χ0n) is 24.4. The van der Waals surface area contributed by atoms with Crippen LogP contribution in [0.15, 0.2) is 128 Å². The molecule has 0 aromatic heterocycles. The Bertz CT molecular complexity index is 1150. The highest BCUT2D eigenvalue weighted by molar-refractivity contribution is 5.79. The van der Waals surface area contributed by atoms with Crippen LogP contribution in [0.25, 0.3) is 5.57 Å². The van der Waals surface area contributed by atoms with Crippen LogP contribution < -0.4 is 0 Å². The molecule has 5 heteroatoms. The van der Waals surface area contributed by atoms with Crippen molar-refractivity contribution in [1.82, 2.24) is 0 Å². The number of benzene rings is 4. The number of ether oxygens (including phenoxy) is 3. The van der Waals surface area contributed by atoms with E-state index >= 15 is 0 Å².